The van der Waals surface area contributed by atoms with Gasteiger partial charge in [-0.25, -0.2) is 4.79 Å². The molecule has 0 radical (unpaired) electrons. The van der Waals surface area contributed by atoms with Crippen LogP contribution in [0.25, 0.3) is 6.08 Å². The summed E-state index contributed by atoms with van der Waals surface area (Å²) in [6, 6.07) is 7.30. The first-order valence-electron chi connectivity index (χ1n) is 6.26. The second-order valence-corrected chi connectivity index (χ2v) is 5.53. The van der Waals surface area contributed by atoms with Crippen LogP contribution >= 0.6 is 11.3 Å². The van der Waals surface area contributed by atoms with Crippen molar-refractivity contribution in [1.82, 2.24) is 10.3 Å². The number of hydrogen-bond acceptors (Lipinski definition) is 4. The van der Waals surface area contributed by atoms with E-state index in [2.05, 4.69) is 10.3 Å². The average molecular weight is 302 g/mol. The fraction of sp³-hybridized carbons (Fsp3) is 0.133. The van der Waals surface area contributed by atoms with E-state index in [1.165, 1.54) is 17.4 Å². The maximum atomic E-state index is 12.0. The van der Waals surface area contributed by atoms with Gasteiger partial charge in [-0.3, -0.25) is 9.78 Å². The number of amides is 1. The van der Waals surface area contributed by atoms with Crippen LogP contribution in [0.2, 0.25) is 0 Å². The minimum Gasteiger partial charge on any atom is -0.478 e. The smallest absolute Gasteiger partial charge is 0.328 e. The van der Waals surface area contributed by atoms with Crippen molar-refractivity contribution in [1.29, 1.82) is 0 Å². The van der Waals surface area contributed by atoms with Crippen LogP contribution < -0.4 is 5.32 Å². The van der Waals surface area contributed by atoms with E-state index >= 15 is 0 Å². The van der Waals surface area contributed by atoms with Gasteiger partial charge in [0.1, 0.15) is 5.69 Å². The molecule has 0 saturated carbocycles. The number of carboxylic acid groups (broad SMARTS) is 1. The molecule has 0 fully saturated rings. The van der Waals surface area contributed by atoms with Crippen molar-refractivity contribution in [3.05, 3.63) is 57.6 Å². The Bertz CT molecular complexity index is 692. The van der Waals surface area contributed by atoms with Crippen molar-refractivity contribution in [3.8, 4) is 0 Å². The number of hydrogen-bond donors (Lipinski definition) is 2. The van der Waals surface area contributed by atoms with E-state index in [9.17, 15) is 9.59 Å². The number of rotatable bonds is 5. The monoisotopic (exact) mass is 302 g/mol. The van der Waals surface area contributed by atoms with E-state index < -0.39 is 5.97 Å². The first kappa shape index (κ1) is 14.9. The highest BCUT2D eigenvalue weighted by atomic mass is 32.1. The normalized spacial score (nSPS) is 10.7. The molecule has 0 aliphatic heterocycles. The molecule has 2 rings (SSSR count). The Labute approximate surface area is 126 Å². The van der Waals surface area contributed by atoms with E-state index in [1.54, 1.807) is 12.3 Å². The molecule has 0 spiro atoms. The fourth-order valence-corrected chi connectivity index (χ4v) is 2.56. The third-order valence-corrected chi connectivity index (χ3v) is 3.77. The van der Waals surface area contributed by atoms with Crippen molar-refractivity contribution in [2.75, 3.05) is 0 Å². The fourth-order valence-electron chi connectivity index (χ4n) is 1.71. The number of nitrogens with zero attached hydrogens (tertiary/aromatic N) is 1. The summed E-state index contributed by atoms with van der Waals surface area (Å²) < 4.78 is 0. The lowest BCUT2D eigenvalue weighted by Crippen LogP contribution is -2.24. The van der Waals surface area contributed by atoms with Crippen molar-refractivity contribution in [3.63, 3.8) is 0 Å². The summed E-state index contributed by atoms with van der Waals surface area (Å²) in [5.41, 5.74) is 1.24. The maximum absolute atomic E-state index is 12.0. The number of nitrogens with one attached hydrogen (secondary N) is 1. The molecular formula is C15H14N2O3S. The molecule has 2 aromatic rings. The summed E-state index contributed by atoms with van der Waals surface area (Å²) in [4.78, 5) is 28.3. The van der Waals surface area contributed by atoms with Gasteiger partial charge in [-0.15, -0.1) is 11.3 Å². The lowest BCUT2D eigenvalue weighted by molar-refractivity contribution is -0.131. The van der Waals surface area contributed by atoms with Gasteiger partial charge in [-0.05, 0) is 36.8 Å². The van der Waals surface area contributed by atoms with Crippen molar-refractivity contribution < 1.29 is 14.7 Å². The van der Waals surface area contributed by atoms with Gasteiger partial charge < -0.3 is 10.4 Å². The highest BCUT2D eigenvalue weighted by Gasteiger charge is 2.09. The predicted octanol–water partition coefficient (Wildman–Crippen LogP) is 2.48. The maximum Gasteiger partial charge on any atom is 0.328 e. The number of pyridine rings is 1. The third-order valence-electron chi connectivity index (χ3n) is 2.72. The van der Waals surface area contributed by atoms with Gasteiger partial charge in [0.2, 0.25) is 0 Å². The molecule has 0 bridgehead atoms. The number of carbonyl (C=O) groups is 2. The van der Waals surface area contributed by atoms with Gasteiger partial charge in [0.05, 0.1) is 6.54 Å². The summed E-state index contributed by atoms with van der Waals surface area (Å²) in [7, 11) is 0. The topological polar surface area (TPSA) is 79.3 Å². The van der Waals surface area contributed by atoms with Crippen LogP contribution in [0.4, 0.5) is 0 Å². The van der Waals surface area contributed by atoms with Gasteiger partial charge in [-0.1, -0.05) is 6.07 Å². The lowest BCUT2D eigenvalue weighted by atomic mass is 10.2. The van der Waals surface area contributed by atoms with Gasteiger partial charge in [0, 0.05) is 22.0 Å². The van der Waals surface area contributed by atoms with Crippen LogP contribution in [-0.4, -0.2) is 22.0 Å². The Morgan fingerprint density at radius 2 is 2.19 bits per heavy atom. The van der Waals surface area contributed by atoms with E-state index in [-0.39, 0.29) is 5.91 Å². The van der Waals surface area contributed by atoms with Crippen molar-refractivity contribution >= 4 is 29.3 Å². The van der Waals surface area contributed by atoms with Gasteiger partial charge in [0.25, 0.3) is 5.91 Å². The molecule has 0 aromatic carbocycles. The summed E-state index contributed by atoms with van der Waals surface area (Å²) in [5, 5.41) is 11.4. The molecule has 1 amide bonds. The van der Waals surface area contributed by atoms with Crippen LogP contribution in [0.1, 0.15) is 25.8 Å². The lowest BCUT2D eigenvalue weighted by Gasteiger charge is -2.05. The number of aromatic nitrogens is 1. The summed E-state index contributed by atoms with van der Waals surface area (Å²) >= 11 is 1.43. The first-order valence-corrected chi connectivity index (χ1v) is 7.07. The minimum atomic E-state index is -0.983. The number of aryl methyl sites for hydroxylation is 1. The quantitative estimate of drug-likeness (QED) is 0.832. The molecule has 108 valence electrons. The van der Waals surface area contributed by atoms with Crippen molar-refractivity contribution in [2.24, 2.45) is 0 Å². The van der Waals surface area contributed by atoms with Crippen LogP contribution in [0.5, 0.6) is 0 Å². The van der Waals surface area contributed by atoms with Gasteiger partial charge in [-0.2, -0.15) is 0 Å². The van der Waals surface area contributed by atoms with Gasteiger partial charge >= 0.3 is 5.97 Å². The zero-order valence-corrected chi connectivity index (χ0v) is 12.2. The Morgan fingerprint density at radius 1 is 1.38 bits per heavy atom. The summed E-state index contributed by atoms with van der Waals surface area (Å²) in [6.07, 6.45) is 4.20. The predicted molar refractivity (Wildman–Crippen MR) is 81.1 cm³/mol. The highest BCUT2D eigenvalue weighted by Crippen LogP contribution is 2.18. The Balaban J connectivity index is 1.96. The second-order valence-electron chi connectivity index (χ2n) is 4.33. The molecule has 0 saturated heterocycles. The molecule has 2 aromatic heterocycles. The number of carbonyl (C=O) groups excluding carboxylic acids is 1. The first-order chi connectivity index (χ1) is 10.1. The zero-order valence-electron chi connectivity index (χ0n) is 11.4. The standard InChI is InChI=1S/C15H14N2O3S/c1-10-3-2-8-16-14(10)15(20)17-9-12-5-4-11(21-12)6-7-13(18)19/h2-8H,9H2,1H3,(H,17,20)(H,18,19). The van der Waals surface area contributed by atoms with Crippen LogP contribution in [0.3, 0.4) is 0 Å². The minimum absolute atomic E-state index is 0.218. The molecule has 0 unspecified atom stereocenters. The van der Waals surface area contributed by atoms with Crippen molar-refractivity contribution in [2.45, 2.75) is 13.5 Å². The largest absolute Gasteiger partial charge is 0.478 e. The van der Waals surface area contributed by atoms with E-state index in [4.69, 9.17) is 5.11 Å². The van der Waals surface area contributed by atoms with Crippen LogP contribution in [0.15, 0.2) is 36.5 Å². The van der Waals surface area contributed by atoms with Crippen LogP contribution in [-0.2, 0) is 11.3 Å². The van der Waals surface area contributed by atoms with Crippen LogP contribution in [0, 0.1) is 6.92 Å². The Morgan fingerprint density at radius 3 is 2.90 bits per heavy atom. The van der Waals surface area contributed by atoms with E-state index in [0.29, 0.717) is 12.2 Å². The molecule has 5 nitrogen and oxygen atoms in total. The van der Waals surface area contributed by atoms with E-state index in [0.717, 1.165) is 21.4 Å². The molecule has 0 aliphatic carbocycles. The molecule has 2 N–H and O–H groups in total. The summed E-state index contributed by atoms with van der Waals surface area (Å²) in [5.74, 6) is -1.20. The number of carboxylic acids is 1. The average Bonchev–Trinajstić information content (AvgIpc) is 2.91. The molecule has 0 aliphatic rings. The molecule has 21 heavy (non-hydrogen) atoms. The Kier molecular flexibility index (Phi) is 4.84. The Hall–Kier alpha value is -2.47. The molecule has 2 heterocycles. The summed E-state index contributed by atoms with van der Waals surface area (Å²) in [6.45, 7) is 2.22. The number of thiophene rings is 1. The SMILES string of the molecule is Cc1cccnc1C(=O)NCc1ccc(C=CC(=O)O)s1. The number of aliphatic carboxylic acids is 1. The molecule has 6 heteroatoms. The highest BCUT2D eigenvalue weighted by molar-refractivity contribution is 7.12. The zero-order chi connectivity index (χ0) is 15.2. The van der Waals surface area contributed by atoms with Gasteiger partial charge in [0.15, 0.2) is 0 Å². The third kappa shape index (κ3) is 4.25. The van der Waals surface area contributed by atoms with E-state index in [1.807, 2.05) is 25.1 Å². The molecular weight excluding hydrogens is 288 g/mol. The second kappa shape index (κ2) is 6.81. The molecule has 0 atom stereocenters.